The second-order valence-corrected chi connectivity index (χ2v) is 18.9. The summed E-state index contributed by atoms with van der Waals surface area (Å²) >= 11 is 0. The number of ether oxygens (including phenoxy) is 15. The van der Waals surface area contributed by atoms with E-state index < -0.39 is 90.1 Å². The lowest BCUT2D eigenvalue weighted by molar-refractivity contribution is -0.161. The maximum atomic E-state index is 14.0. The Hall–Kier alpha value is -3.66. The highest BCUT2D eigenvalue weighted by Crippen LogP contribution is 2.28. The first-order valence-corrected chi connectivity index (χ1v) is 25.3. The Morgan fingerprint density at radius 1 is 0.417 bits per heavy atom. The molecule has 4 atom stereocenters. The molecule has 1 aromatic rings. The van der Waals surface area contributed by atoms with Gasteiger partial charge in [-0.2, -0.15) is 0 Å². The SMILES string of the molecule is CCOCOCC(CC)(COCOCC)COC(=O)CCn1c(=O)n(CCC(=O)OCC(CC)(COCC2CO2)COCC2CO2)c(=O)n(CCC(=O)OCC(CC)(COCC2CO2)COCC2CO2)c1=O. The fraction of sp³-hybridized carbons (Fsp3) is 0.875. The molecule has 0 aliphatic carbocycles. The molecule has 24 heteroatoms. The second-order valence-electron chi connectivity index (χ2n) is 18.9. The summed E-state index contributed by atoms with van der Waals surface area (Å²) in [6.45, 7) is 13.7. The Kier molecular flexibility index (Phi) is 25.2. The van der Waals surface area contributed by atoms with Crippen molar-refractivity contribution in [2.24, 2.45) is 16.2 Å². The molecule has 5 rings (SSSR count). The smallest absolute Gasteiger partial charge is 0.336 e. The molecule has 0 saturated carbocycles. The zero-order valence-electron chi connectivity index (χ0n) is 42.9. The van der Waals surface area contributed by atoms with Crippen LogP contribution in [-0.4, -0.2) is 195 Å². The second kappa shape index (κ2) is 30.6. The van der Waals surface area contributed by atoms with E-state index in [2.05, 4.69) is 0 Å². The van der Waals surface area contributed by atoms with Crippen LogP contribution in [0.15, 0.2) is 14.4 Å². The molecular weight excluding hydrogens is 955 g/mol. The Labute approximate surface area is 420 Å². The minimum absolute atomic E-state index is 0.0189. The largest absolute Gasteiger partial charge is 0.465 e. The van der Waals surface area contributed by atoms with Crippen molar-refractivity contribution >= 4 is 17.9 Å². The maximum absolute atomic E-state index is 14.0. The van der Waals surface area contributed by atoms with Gasteiger partial charge in [0.05, 0.1) is 128 Å². The van der Waals surface area contributed by atoms with Crippen molar-refractivity contribution in [2.45, 2.75) is 117 Å². The van der Waals surface area contributed by atoms with E-state index in [9.17, 15) is 28.8 Å². The summed E-state index contributed by atoms with van der Waals surface area (Å²) in [5.74, 6) is -2.22. The van der Waals surface area contributed by atoms with Gasteiger partial charge in [-0.05, 0) is 33.1 Å². The van der Waals surface area contributed by atoms with Crippen molar-refractivity contribution in [1.29, 1.82) is 0 Å². The predicted molar refractivity (Wildman–Crippen MR) is 251 cm³/mol. The highest BCUT2D eigenvalue weighted by atomic mass is 16.7. The number of carbonyl (C=O) groups is 3. The number of carbonyl (C=O) groups excluding carboxylic acids is 3. The van der Waals surface area contributed by atoms with Crippen LogP contribution in [-0.2, 0) is 105 Å². The molecule has 4 unspecified atom stereocenters. The summed E-state index contributed by atoms with van der Waals surface area (Å²) in [7, 11) is 0. The lowest BCUT2D eigenvalue weighted by Crippen LogP contribution is -2.55. The zero-order valence-corrected chi connectivity index (χ0v) is 42.9. The Morgan fingerprint density at radius 3 is 0.889 bits per heavy atom. The van der Waals surface area contributed by atoms with Gasteiger partial charge in [-0.15, -0.1) is 0 Å². The molecule has 0 amide bonds. The number of aromatic nitrogens is 3. The average molecular weight is 1030 g/mol. The van der Waals surface area contributed by atoms with Crippen molar-refractivity contribution in [3.05, 3.63) is 31.5 Å². The van der Waals surface area contributed by atoms with Crippen LogP contribution in [0, 0.1) is 16.2 Å². The first-order valence-electron chi connectivity index (χ1n) is 25.3. The lowest BCUT2D eigenvalue weighted by atomic mass is 9.88. The fourth-order valence-corrected chi connectivity index (χ4v) is 7.16. The summed E-state index contributed by atoms with van der Waals surface area (Å²) in [4.78, 5) is 82.2. The summed E-state index contributed by atoms with van der Waals surface area (Å²) in [6, 6.07) is 0. The van der Waals surface area contributed by atoms with E-state index in [1.165, 1.54) is 0 Å². The number of esters is 3. The minimum atomic E-state index is -1.07. The van der Waals surface area contributed by atoms with Crippen molar-refractivity contribution in [1.82, 2.24) is 13.7 Å². The van der Waals surface area contributed by atoms with Crippen LogP contribution in [0.1, 0.15) is 73.1 Å². The molecule has 0 bridgehead atoms. The van der Waals surface area contributed by atoms with Gasteiger partial charge in [0.15, 0.2) is 0 Å². The third kappa shape index (κ3) is 20.9. The molecule has 1 aromatic heterocycles. The maximum Gasteiger partial charge on any atom is 0.336 e. The zero-order chi connectivity index (χ0) is 51.8. The molecule has 0 aromatic carbocycles. The Bertz CT molecular complexity index is 1820. The van der Waals surface area contributed by atoms with Crippen LogP contribution < -0.4 is 17.1 Å². The number of hydrogen-bond donors (Lipinski definition) is 0. The van der Waals surface area contributed by atoms with Crippen LogP contribution >= 0.6 is 0 Å². The fourth-order valence-electron chi connectivity index (χ4n) is 7.16. The summed E-state index contributed by atoms with van der Waals surface area (Å²) in [5, 5.41) is 0. The molecule has 4 fully saturated rings. The van der Waals surface area contributed by atoms with Crippen molar-refractivity contribution in [2.75, 3.05) is 139 Å². The summed E-state index contributed by atoms with van der Waals surface area (Å²) < 4.78 is 86.0. The molecule has 0 radical (unpaired) electrons. The van der Waals surface area contributed by atoms with Crippen LogP contribution in [0.3, 0.4) is 0 Å². The third-order valence-corrected chi connectivity index (χ3v) is 12.9. The Balaban J connectivity index is 1.28. The van der Waals surface area contributed by atoms with Gasteiger partial charge in [0.2, 0.25) is 0 Å². The van der Waals surface area contributed by atoms with E-state index in [1.54, 1.807) is 0 Å². The quantitative estimate of drug-likeness (QED) is 0.0288. The normalized spacial score (nSPS) is 20.6. The van der Waals surface area contributed by atoms with E-state index in [1.807, 2.05) is 34.6 Å². The first kappa shape index (κ1) is 59.2. The molecular formula is C48H79N3O21. The van der Waals surface area contributed by atoms with Crippen LogP contribution in [0.2, 0.25) is 0 Å². The molecule has 4 aliphatic rings. The van der Waals surface area contributed by atoms with Gasteiger partial charge in [0.25, 0.3) is 0 Å². The molecule has 4 aliphatic heterocycles. The molecule has 412 valence electrons. The molecule has 0 N–H and O–H groups in total. The Morgan fingerprint density at radius 2 is 0.667 bits per heavy atom. The van der Waals surface area contributed by atoms with E-state index >= 15 is 0 Å². The number of epoxide rings is 4. The van der Waals surface area contributed by atoms with E-state index in [0.29, 0.717) is 99.0 Å². The van der Waals surface area contributed by atoms with E-state index in [4.69, 9.17) is 71.1 Å². The van der Waals surface area contributed by atoms with Gasteiger partial charge in [-0.25, -0.2) is 28.1 Å². The summed E-state index contributed by atoms with van der Waals surface area (Å²) in [6.07, 6.45) is 0.302. The van der Waals surface area contributed by atoms with E-state index in [-0.39, 0.29) is 97.5 Å². The van der Waals surface area contributed by atoms with Gasteiger partial charge in [-0.3, -0.25) is 14.4 Å². The monoisotopic (exact) mass is 1030 g/mol. The predicted octanol–water partition coefficient (Wildman–Crippen LogP) is 0.844. The molecule has 4 saturated heterocycles. The standard InChI is InChI=1S/C48H79N3O21/c1-6-46(25-60-17-36-21-66-36,26-61-18-37-22-67-37)31-70-40(52)11-14-49-43(55)50(15-12-41(53)71-32-47(7-2,27-62-19-38-23-68-38)28-63-20-39-24-69-39)45(57)51(44(49)56)16-13-42(54)72-33-48(8-3,29-64-34-58-9-4)30-65-35-59-10-5/h36-39H,6-35H2,1-5H3. The summed E-state index contributed by atoms with van der Waals surface area (Å²) in [5.41, 5.74) is -5.42. The van der Waals surface area contributed by atoms with Gasteiger partial charge in [0.1, 0.15) is 57.8 Å². The van der Waals surface area contributed by atoms with E-state index in [0.717, 1.165) is 0 Å². The minimum Gasteiger partial charge on any atom is -0.465 e. The van der Waals surface area contributed by atoms with Crippen LogP contribution in [0.25, 0.3) is 0 Å². The lowest BCUT2D eigenvalue weighted by Gasteiger charge is -2.31. The topological polar surface area (TPSA) is 269 Å². The first-order chi connectivity index (χ1) is 34.8. The van der Waals surface area contributed by atoms with Crippen LogP contribution in [0.5, 0.6) is 0 Å². The third-order valence-electron chi connectivity index (χ3n) is 12.9. The molecule has 24 nitrogen and oxygen atoms in total. The molecule has 72 heavy (non-hydrogen) atoms. The van der Waals surface area contributed by atoms with Gasteiger partial charge < -0.3 is 71.1 Å². The van der Waals surface area contributed by atoms with Crippen LogP contribution in [0.4, 0.5) is 0 Å². The number of rotatable bonds is 44. The highest BCUT2D eigenvalue weighted by Gasteiger charge is 2.37. The van der Waals surface area contributed by atoms with Gasteiger partial charge in [-0.1, -0.05) is 20.8 Å². The highest BCUT2D eigenvalue weighted by molar-refractivity contribution is 5.70. The van der Waals surface area contributed by atoms with Crippen molar-refractivity contribution in [3.8, 4) is 0 Å². The number of nitrogens with zero attached hydrogens (tertiary/aromatic N) is 3. The van der Waals surface area contributed by atoms with Crippen molar-refractivity contribution < 1.29 is 85.4 Å². The van der Waals surface area contributed by atoms with Gasteiger partial charge >= 0.3 is 35.0 Å². The molecule has 0 spiro atoms. The van der Waals surface area contributed by atoms with Gasteiger partial charge in [0, 0.05) is 32.8 Å². The van der Waals surface area contributed by atoms with Crippen molar-refractivity contribution in [3.63, 3.8) is 0 Å². The number of hydrogen-bond acceptors (Lipinski definition) is 21. The average Bonchev–Trinajstić information content (AvgIpc) is 4.14. The molecule has 5 heterocycles.